The molecular weight excluding hydrogens is 386 g/mol. The van der Waals surface area contributed by atoms with E-state index in [1.807, 2.05) is 13.8 Å². The van der Waals surface area contributed by atoms with Crippen molar-refractivity contribution in [3.8, 4) is 0 Å². The number of piperazine rings is 2. The summed E-state index contributed by atoms with van der Waals surface area (Å²) in [4.78, 5) is 22.6. The normalized spacial score (nSPS) is 23.3. The van der Waals surface area contributed by atoms with Gasteiger partial charge in [0.15, 0.2) is 0 Å². The van der Waals surface area contributed by atoms with E-state index >= 15 is 0 Å². The molecule has 31 heavy (non-hydrogen) atoms. The zero-order chi connectivity index (χ0) is 23.2. The summed E-state index contributed by atoms with van der Waals surface area (Å²) >= 11 is 0. The maximum Gasteiger partial charge on any atom is 0.133 e. The number of rotatable bonds is 6. The van der Waals surface area contributed by atoms with Crippen LogP contribution in [0.25, 0.3) is 0 Å². The van der Waals surface area contributed by atoms with E-state index in [0.29, 0.717) is 12.6 Å². The highest BCUT2D eigenvalue weighted by Crippen LogP contribution is 2.18. The van der Waals surface area contributed by atoms with Gasteiger partial charge >= 0.3 is 0 Å². The van der Waals surface area contributed by atoms with E-state index in [1.165, 1.54) is 58.7 Å². The molecule has 3 heterocycles. The fourth-order valence-corrected chi connectivity index (χ4v) is 4.64. The molecule has 3 rings (SSSR count). The molecule has 0 unspecified atom stereocenters. The average molecular weight is 440 g/mol. The summed E-state index contributed by atoms with van der Waals surface area (Å²) in [5.41, 5.74) is 0. The van der Waals surface area contributed by atoms with E-state index < -0.39 is 0 Å². The van der Waals surface area contributed by atoms with E-state index in [9.17, 15) is 4.79 Å². The van der Waals surface area contributed by atoms with Crippen LogP contribution in [0.2, 0.25) is 0 Å². The Morgan fingerprint density at radius 2 is 1.13 bits per heavy atom. The molecule has 3 aliphatic heterocycles. The van der Waals surface area contributed by atoms with Gasteiger partial charge in [-0.05, 0) is 66.6 Å². The van der Waals surface area contributed by atoms with Gasteiger partial charge in [0.25, 0.3) is 0 Å². The first kappa shape index (κ1) is 28.5. The first-order valence-electron chi connectivity index (χ1n) is 12.9. The molecule has 184 valence electrons. The number of carbonyl (C=O) groups is 1. The third-order valence-corrected chi connectivity index (χ3v) is 6.96. The maximum absolute atomic E-state index is 10.2. The SMILES string of the molecule is CC.CC(C)N1CCN(CC2CCN(C)CC2)CC1.CC(C)N1CCN(CC=O)CC1. The molecule has 0 bridgehead atoms. The minimum atomic E-state index is 0.603. The fraction of sp³-hybridized carbons (Fsp3) is 0.960. The van der Waals surface area contributed by atoms with E-state index in [0.717, 1.165) is 44.4 Å². The predicted octanol–water partition coefficient (Wildman–Crippen LogP) is 2.59. The lowest BCUT2D eigenvalue weighted by Crippen LogP contribution is -2.50. The Morgan fingerprint density at radius 1 is 0.710 bits per heavy atom. The highest BCUT2D eigenvalue weighted by molar-refractivity contribution is 5.51. The average Bonchev–Trinajstić information content (AvgIpc) is 2.78. The van der Waals surface area contributed by atoms with Crippen LogP contribution in [0.15, 0.2) is 0 Å². The predicted molar refractivity (Wildman–Crippen MR) is 134 cm³/mol. The first-order chi connectivity index (χ1) is 14.9. The minimum absolute atomic E-state index is 0.603. The summed E-state index contributed by atoms with van der Waals surface area (Å²) in [6.45, 7) is 27.0. The minimum Gasteiger partial charge on any atom is -0.306 e. The number of carbonyl (C=O) groups excluding carboxylic acids is 1. The van der Waals surface area contributed by atoms with Crippen molar-refractivity contribution in [2.75, 3.05) is 85.6 Å². The highest BCUT2D eigenvalue weighted by atomic mass is 16.1. The van der Waals surface area contributed by atoms with E-state index in [2.05, 4.69) is 59.2 Å². The van der Waals surface area contributed by atoms with Crippen molar-refractivity contribution in [2.45, 2.75) is 66.5 Å². The van der Waals surface area contributed by atoms with Gasteiger partial charge < -0.3 is 14.6 Å². The van der Waals surface area contributed by atoms with Gasteiger partial charge in [-0.15, -0.1) is 0 Å². The van der Waals surface area contributed by atoms with Crippen LogP contribution in [0.5, 0.6) is 0 Å². The number of hydrogen-bond acceptors (Lipinski definition) is 6. The summed E-state index contributed by atoms with van der Waals surface area (Å²) < 4.78 is 0. The quantitative estimate of drug-likeness (QED) is 0.592. The summed E-state index contributed by atoms with van der Waals surface area (Å²) in [7, 11) is 2.25. The van der Waals surface area contributed by atoms with Gasteiger partial charge in [-0.2, -0.15) is 0 Å². The van der Waals surface area contributed by atoms with Crippen LogP contribution < -0.4 is 0 Å². The van der Waals surface area contributed by atoms with Crippen LogP contribution in [-0.2, 0) is 4.79 Å². The smallest absolute Gasteiger partial charge is 0.133 e. The maximum atomic E-state index is 10.2. The highest BCUT2D eigenvalue weighted by Gasteiger charge is 2.23. The zero-order valence-corrected chi connectivity index (χ0v) is 21.9. The van der Waals surface area contributed by atoms with Crippen molar-refractivity contribution in [3.63, 3.8) is 0 Å². The third-order valence-electron chi connectivity index (χ3n) is 6.96. The molecule has 3 saturated heterocycles. The summed E-state index contributed by atoms with van der Waals surface area (Å²) in [6, 6.07) is 1.36. The van der Waals surface area contributed by atoms with Gasteiger partial charge in [0.1, 0.15) is 6.29 Å². The van der Waals surface area contributed by atoms with Crippen LogP contribution in [0.4, 0.5) is 0 Å². The summed E-state index contributed by atoms with van der Waals surface area (Å²) in [5.74, 6) is 0.955. The van der Waals surface area contributed by atoms with Crippen molar-refractivity contribution in [1.82, 2.24) is 24.5 Å². The molecular formula is C25H53N5O. The van der Waals surface area contributed by atoms with Crippen molar-refractivity contribution < 1.29 is 4.79 Å². The molecule has 3 aliphatic rings. The Bertz CT molecular complexity index is 435. The van der Waals surface area contributed by atoms with Crippen molar-refractivity contribution in [3.05, 3.63) is 0 Å². The molecule has 0 amide bonds. The Balaban J connectivity index is 0.000000303. The molecule has 0 aromatic heterocycles. The van der Waals surface area contributed by atoms with Gasteiger partial charge in [-0.25, -0.2) is 0 Å². The fourth-order valence-electron chi connectivity index (χ4n) is 4.64. The Hall–Kier alpha value is -0.530. The van der Waals surface area contributed by atoms with Gasteiger partial charge in [-0.3, -0.25) is 14.7 Å². The molecule has 0 spiro atoms. The Morgan fingerprint density at radius 3 is 1.52 bits per heavy atom. The van der Waals surface area contributed by atoms with E-state index in [1.54, 1.807) is 0 Å². The molecule has 0 saturated carbocycles. The summed E-state index contributed by atoms with van der Waals surface area (Å²) in [6.07, 6.45) is 3.80. The lowest BCUT2D eigenvalue weighted by Gasteiger charge is -2.39. The van der Waals surface area contributed by atoms with Crippen LogP contribution in [0.1, 0.15) is 54.4 Å². The molecule has 0 radical (unpaired) electrons. The van der Waals surface area contributed by atoms with Crippen LogP contribution >= 0.6 is 0 Å². The van der Waals surface area contributed by atoms with E-state index in [4.69, 9.17) is 0 Å². The van der Waals surface area contributed by atoms with Crippen molar-refractivity contribution >= 4 is 6.29 Å². The van der Waals surface area contributed by atoms with Gasteiger partial charge in [-0.1, -0.05) is 13.8 Å². The first-order valence-corrected chi connectivity index (χ1v) is 12.9. The topological polar surface area (TPSA) is 33.3 Å². The standard InChI is InChI=1S/C14H29N3.C9H18N2O.C2H6/c1-13(2)17-10-8-16(9-11-17)12-14-4-6-15(3)7-5-14;1-9(2)11-5-3-10(4-6-11)7-8-12;1-2/h13-14H,4-12H2,1-3H3;8-9H,3-7H2,1-2H3;1-2H3. The molecule has 6 nitrogen and oxygen atoms in total. The lowest BCUT2D eigenvalue weighted by atomic mass is 9.96. The number of piperidine rings is 1. The molecule has 0 N–H and O–H groups in total. The molecule has 3 fully saturated rings. The van der Waals surface area contributed by atoms with Gasteiger partial charge in [0.2, 0.25) is 0 Å². The Labute approximate surface area is 193 Å². The van der Waals surface area contributed by atoms with Crippen molar-refractivity contribution in [1.29, 1.82) is 0 Å². The third kappa shape index (κ3) is 11.2. The summed E-state index contributed by atoms with van der Waals surface area (Å²) in [5, 5.41) is 0. The number of likely N-dealkylation sites (tertiary alicyclic amines) is 1. The lowest BCUT2D eigenvalue weighted by molar-refractivity contribution is -0.109. The largest absolute Gasteiger partial charge is 0.306 e. The number of aldehydes is 1. The molecule has 0 aromatic carbocycles. The van der Waals surface area contributed by atoms with Crippen LogP contribution in [0, 0.1) is 5.92 Å². The molecule has 6 heteroatoms. The Kier molecular flexibility index (Phi) is 14.8. The second kappa shape index (κ2) is 16.1. The monoisotopic (exact) mass is 439 g/mol. The molecule has 0 atom stereocenters. The second-order valence-corrected chi connectivity index (χ2v) is 9.77. The van der Waals surface area contributed by atoms with Gasteiger partial charge in [0.05, 0.1) is 6.54 Å². The second-order valence-electron chi connectivity index (χ2n) is 9.77. The van der Waals surface area contributed by atoms with Gasteiger partial charge in [0, 0.05) is 71.0 Å². The van der Waals surface area contributed by atoms with Crippen LogP contribution in [-0.4, -0.2) is 128 Å². The molecule has 0 aliphatic carbocycles. The number of hydrogen-bond donors (Lipinski definition) is 0. The molecule has 0 aromatic rings. The van der Waals surface area contributed by atoms with E-state index in [-0.39, 0.29) is 0 Å². The van der Waals surface area contributed by atoms with Crippen LogP contribution in [0.3, 0.4) is 0 Å². The van der Waals surface area contributed by atoms with Crippen molar-refractivity contribution in [2.24, 2.45) is 5.92 Å². The zero-order valence-electron chi connectivity index (χ0n) is 21.9. The number of nitrogens with zero attached hydrogens (tertiary/aromatic N) is 5.